The summed E-state index contributed by atoms with van der Waals surface area (Å²) in [5, 5.41) is 5.95. The van der Waals surface area contributed by atoms with Gasteiger partial charge in [0.25, 0.3) is 5.91 Å². The molecule has 2 aromatic rings. The Labute approximate surface area is 187 Å². The Balaban J connectivity index is 1.91. The number of nitrogens with zero attached hydrogens (tertiary/aromatic N) is 1. The molecule has 0 spiro atoms. The number of nitrogens with one attached hydrogen (secondary N) is 2. The number of rotatable bonds is 13. The van der Waals surface area contributed by atoms with Crippen LogP contribution in [0.5, 0.6) is 0 Å². The monoisotopic (exact) mass is 423 g/mol. The summed E-state index contributed by atoms with van der Waals surface area (Å²) < 4.78 is 0. The van der Waals surface area contributed by atoms with Gasteiger partial charge >= 0.3 is 0 Å². The van der Waals surface area contributed by atoms with Gasteiger partial charge in [0.05, 0.1) is 5.56 Å². The second kappa shape index (κ2) is 13.5. The van der Waals surface area contributed by atoms with Gasteiger partial charge in [0.1, 0.15) is 0 Å². The van der Waals surface area contributed by atoms with Gasteiger partial charge in [-0.2, -0.15) is 0 Å². The third-order valence-electron chi connectivity index (χ3n) is 5.31. The zero-order valence-electron chi connectivity index (χ0n) is 19.2. The highest BCUT2D eigenvalue weighted by molar-refractivity contribution is 6.02. The van der Waals surface area contributed by atoms with E-state index in [2.05, 4.69) is 29.7 Å². The SMILES string of the molecule is CCCCCCCCC(=O)Nc1ccc(N(C)C)c(C(=O)NCCc2ccccc2)c1. The van der Waals surface area contributed by atoms with Crippen LogP contribution in [0.1, 0.15) is 67.8 Å². The molecule has 5 heteroatoms. The minimum Gasteiger partial charge on any atom is -0.377 e. The average Bonchev–Trinajstić information content (AvgIpc) is 2.76. The first-order valence-electron chi connectivity index (χ1n) is 11.4. The predicted octanol–water partition coefficient (Wildman–Crippen LogP) is 5.41. The highest BCUT2D eigenvalue weighted by Crippen LogP contribution is 2.23. The highest BCUT2D eigenvalue weighted by atomic mass is 16.2. The van der Waals surface area contributed by atoms with Gasteiger partial charge in [0.15, 0.2) is 0 Å². The molecule has 31 heavy (non-hydrogen) atoms. The number of amides is 2. The summed E-state index contributed by atoms with van der Waals surface area (Å²) in [4.78, 5) is 27.1. The van der Waals surface area contributed by atoms with Crippen molar-refractivity contribution in [2.75, 3.05) is 30.9 Å². The van der Waals surface area contributed by atoms with Crippen LogP contribution in [0.3, 0.4) is 0 Å². The third kappa shape index (κ3) is 8.83. The number of carbonyl (C=O) groups excluding carboxylic acids is 2. The zero-order chi connectivity index (χ0) is 22.5. The lowest BCUT2D eigenvalue weighted by Gasteiger charge is -2.18. The van der Waals surface area contributed by atoms with E-state index in [0.717, 1.165) is 24.9 Å². The van der Waals surface area contributed by atoms with Gasteiger partial charge in [-0.05, 0) is 36.6 Å². The molecule has 0 saturated heterocycles. The average molecular weight is 424 g/mol. The molecule has 0 saturated carbocycles. The van der Waals surface area contributed by atoms with E-state index in [1.807, 2.05) is 49.3 Å². The molecule has 0 fully saturated rings. The maximum Gasteiger partial charge on any atom is 0.253 e. The molecule has 0 aliphatic heterocycles. The number of hydrogen-bond acceptors (Lipinski definition) is 3. The maximum absolute atomic E-state index is 12.8. The Kier molecular flexibility index (Phi) is 10.6. The van der Waals surface area contributed by atoms with Crippen LogP contribution in [0.2, 0.25) is 0 Å². The molecule has 5 nitrogen and oxygen atoms in total. The van der Waals surface area contributed by atoms with E-state index in [1.165, 1.54) is 31.2 Å². The second-order valence-corrected chi connectivity index (χ2v) is 8.18. The van der Waals surface area contributed by atoms with Gasteiger partial charge in [-0.15, -0.1) is 0 Å². The zero-order valence-corrected chi connectivity index (χ0v) is 19.2. The van der Waals surface area contributed by atoms with Crippen molar-refractivity contribution >= 4 is 23.2 Å². The fourth-order valence-corrected chi connectivity index (χ4v) is 3.54. The van der Waals surface area contributed by atoms with Gasteiger partial charge in [0.2, 0.25) is 5.91 Å². The molecule has 0 atom stereocenters. The van der Waals surface area contributed by atoms with E-state index >= 15 is 0 Å². The fourth-order valence-electron chi connectivity index (χ4n) is 3.54. The number of carbonyl (C=O) groups is 2. The van der Waals surface area contributed by atoms with E-state index in [9.17, 15) is 9.59 Å². The van der Waals surface area contributed by atoms with Crippen molar-refractivity contribution in [3.05, 3.63) is 59.7 Å². The number of hydrogen-bond donors (Lipinski definition) is 2. The maximum atomic E-state index is 12.8. The first-order valence-corrected chi connectivity index (χ1v) is 11.4. The quantitative estimate of drug-likeness (QED) is 0.423. The van der Waals surface area contributed by atoms with E-state index in [1.54, 1.807) is 6.07 Å². The van der Waals surface area contributed by atoms with Crippen LogP contribution in [0, 0.1) is 0 Å². The fraction of sp³-hybridized carbons (Fsp3) is 0.462. The molecule has 0 radical (unpaired) electrons. The van der Waals surface area contributed by atoms with E-state index in [-0.39, 0.29) is 11.8 Å². The molecule has 2 N–H and O–H groups in total. The second-order valence-electron chi connectivity index (χ2n) is 8.18. The standard InChI is InChI=1S/C26H37N3O2/c1-4-5-6-7-8-12-15-25(30)28-22-16-17-24(29(2)3)23(20-22)26(31)27-19-18-21-13-10-9-11-14-21/h9-11,13-14,16-17,20H,4-8,12,15,18-19H2,1-3H3,(H,27,31)(H,28,30). The molecular weight excluding hydrogens is 386 g/mol. The van der Waals surface area contributed by atoms with Crippen LogP contribution in [0.4, 0.5) is 11.4 Å². The smallest absolute Gasteiger partial charge is 0.253 e. The molecule has 0 heterocycles. The van der Waals surface area contributed by atoms with Crippen molar-refractivity contribution in [1.29, 1.82) is 0 Å². The molecule has 168 valence electrons. The van der Waals surface area contributed by atoms with Crippen molar-refractivity contribution < 1.29 is 9.59 Å². The van der Waals surface area contributed by atoms with Gasteiger partial charge in [-0.1, -0.05) is 69.4 Å². The highest BCUT2D eigenvalue weighted by Gasteiger charge is 2.14. The van der Waals surface area contributed by atoms with E-state index in [4.69, 9.17) is 0 Å². The lowest BCUT2D eigenvalue weighted by atomic mass is 10.1. The Hall–Kier alpha value is -2.82. The van der Waals surface area contributed by atoms with Gasteiger partial charge < -0.3 is 15.5 Å². The summed E-state index contributed by atoms with van der Waals surface area (Å²) in [6.45, 7) is 2.76. The summed E-state index contributed by atoms with van der Waals surface area (Å²) in [7, 11) is 3.82. The summed E-state index contributed by atoms with van der Waals surface area (Å²) in [6, 6.07) is 15.6. The van der Waals surface area contributed by atoms with Crippen LogP contribution in [0.25, 0.3) is 0 Å². The Morgan fingerprint density at radius 1 is 0.903 bits per heavy atom. The molecule has 0 unspecified atom stereocenters. The van der Waals surface area contributed by atoms with Crippen LogP contribution in [-0.4, -0.2) is 32.5 Å². The van der Waals surface area contributed by atoms with Crippen molar-refractivity contribution in [3.8, 4) is 0 Å². The Bertz CT molecular complexity index is 819. The minimum absolute atomic E-state index is 0.00327. The predicted molar refractivity (Wildman–Crippen MR) is 130 cm³/mol. The van der Waals surface area contributed by atoms with Gasteiger partial charge in [0, 0.05) is 38.4 Å². The van der Waals surface area contributed by atoms with E-state index < -0.39 is 0 Å². The summed E-state index contributed by atoms with van der Waals surface area (Å²) >= 11 is 0. The van der Waals surface area contributed by atoms with E-state index in [0.29, 0.717) is 24.2 Å². The molecule has 2 rings (SSSR count). The van der Waals surface area contributed by atoms with Gasteiger partial charge in [-0.3, -0.25) is 9.59 Å². The molecular formula is C26H37N3O2. The van der Waals surface area contributed by atoms with Crippen LogP contribution >= 0.6 is 0 Å². The molecule has 2 aromatic carbocycles. The van der Waals surface area contributed by atoms with Crippen molar-refractivity contribution in [2.24, 2.45) is 0 Å². The lowest BCUT2D eigenvalue weighted by molar-refractivity contribution is -0.116. The normalized spacial score (nSPS) is 10.5. The van der Waals surface area contributed by atoms with Crippen molar-refractivity contribution in [1.82, 2.24) is 5.32 Å². The first kappa shape index (κ1) is 24.4. The van der Waals surface area contributed by atoms with Gasteiger partial charge in [-0.25, -0.2) is 0 Å². The van der Waals surface area contributed by atoms with Crippen LogP contribution in [-0.2, 0) is 11.2 Å². The van der Waals surface area contributed by atoms with Crippen molar-refractivity contribution in [2.45, 2.75) is 58.3 Å². The summed E-state index contributed by atoms with van der Waals surface area (Å²) in [6.07, 6.45) is 8.20. The molecule has 0 aliphatic rings. The molecule has 0 aliphatic carbocycles. The van der Waals surface area contributed by atoms with Crippen molar-refractivity contribution in [3.63, 3.8) is 0 Å². The number of unbranched alkanes of at least 4 members (excludes halogenated alkanes) is 5. The van der Waals surface area contributed by atoms with Crippen LogP contribution in [0.15, 0.2) is 48.5 Å². The van der Waals surface area contributed by atoms with Crippen LogP contribution < -0.4 is 15.5 Å². The topological polar surface area (TPSA) is 61.4 Å². The molecule has 0 bridgehead atoms. The number of benzene rings is 2. The number of anilines is 2. The molecule has 2 amide bonds. The first-order chi connectivity index (χ1) is 15.0. The summed E-state index contributed by atoms with van der Waals surface area (Å²) in [5.74, 6) is -0.129. The largest absolute Gasteiger partial charge is 0.377 e. The Morgan fingerprint density at radius 2 is 1.61 bits per heavy atom. The third-order valence-corrected chi connectivity index (χ3v) is 5.31. The molecule has 0 aromatic heterocycles. The lowest BCUT2D eigenvalue weighted by Crippen LogP contribution is -2.28. The Morgan fingerprint density at radius 3 is 2.32 bits per heavy atom. The summed E-state index contributed by atoms with van der Waals surface area (Å²) in [5.41, 5.74) is 3.24. The minimum atomic E-state index is -0.133.